The van der Waals surface area contributed by atoms with Crippen LogP contribution < -0.4 is 0 Å². The molecule has 7 heterocycles. The third-order valence-corrected chi connectivity index (χ3v) is 12.4. The summed E-state index contributed by atoms with van der Waals surface area (Å²) in [6.07, 6.45) is 0. The first kappa shape index (κ1) is 26.4. The van der Waals surface area contributed by atoms with E-state index in [9.17, 15) is 0 Å². The predicted molar refractivity (Wildman–Crippen MR) is 221 cm³/mol. The van der Waals surface area contributed by atoms with Crippen LogP contribution >= 0.6 is 0 Å². The van der Waals surface area contributed by atoms with Gasteiger partial charge in [-0.05, 0) is 60.7 Å². The standard InChI is InChI=1S/C48H24N4O2/c1-3-15-31-27(11-1)41-45-29(25-13-9-21-39-43(25)51(45)33-17-5-7-19-37(33)53-39)23-35-47(41)49(31)36-24-30-26-14-10-22-40-44(26)52(34-18-6-8-20-38(34)54-40)46(30)42-28-12-2-4-16-32(28)50(35)48(36)42/h1-24H. The van der Waals surface area contributed by atoms with E-state index in [2.05, 4.69) is 163 Å². The molecule has 0 spiro atoms. The molecule has 6 heteroatoms. The Bertz CT molecular complexity index is 3920. The lowest BCUT2D eigenvalue weighted by atomic mass is 10.1. The number of aromatic nitrogens is 4. The Balaban J connectivity index is 1.33. The highest BCUT2D eigenvalue weighted by Crippen LogP contribution is 2.49. The molecule has 0 bridgehead atoms. The summed E-state index contributed by atoms with van der Waals surface area (Å²) in [5.41, 5.74) is 17.4. The molecule has 15 rings (SSSR count). The van der Waals surface area contributed by atoms with Gasteiger partial charge in [-0.2, -0.15) is 0 Å². The second-order valence-electron chi connectivity index (χ2n) is 14.9. The number of fused-ring (bicyclic) bond motifs is 20. The quantitative estimate of drug-likeness (QED) is 0.149. The number of rotatable bonds is 0. The maximum Gasteiger partial charge on any atom is 0.152 e. The van der Waals surface area contributed by atoms with E-state index in [1.807, 2.05) is 0 Å². The zero-order valence-electron chi connectivity index (χ0n) is 28.5. The molecule has 0 amide bonds. The van der Waals surface area contributed by atoms with Crippen LogP contribution in [0.3, 0.4) is 0 Å². The third kappa shape index (κ3) is 2.71. The van der Waals surface area contributed by atoms with E-state index in [1.165, 1.54) is 87.2 Å². The second-order valence-corrected chi connectivity index (χ2v) is 14.9. The molecular formula is C48H24N4O2. The Morgan fingerprint density at radius 2 is 0.648 bits per heavy atom. The summed E-state index contributed by atoms with van der Waals surface area (Å²) < 4.78 is 23.2. The van der Waals surface area contributed by atoms with Crippen LogP contribution in [-0.2, 0) is 0 Å². The van der Waals surface area contributed by atoms with E-state index in [-0.39, 0.29) is 0 Å². The molecule has 0 aliphatic carbocycles. The zero-order valence-corrected chi connectivity index (χ0v) is 28.5. The van der Waals surface area contributed by atoms with E-state index in [0.29, 0.717) is 0 Å². The number of benzene rings is 8. The van der Waals surface area contributed by atoms with Gasteiger partial charge in [0.1, 0.15) is 0 Å². The van der Waals surface area contributed by atoms with Crippen molar-refractivity contribution in [3.63, 3.8) is 0 Å². The fourth-order valence-electron chi connectivity index (χ4n) is 10.5. The normalized spacial score (nSPS) is 13.2. The molecule has 0 aliphatic rings. The van der Waals surface area contributed by atoms with Gasteiger partial charge in [-0.15, -0.1) is 0 Å². The summed E-state index contributed by atoms with van der Waals surface area (Å²) in [6, 6.07) is 52.6. The van der Waals surface area contributed by atoms with Crippen molar-refractivity contribution in [3.05, 3.63) is 146 Å². The molecular weight excluding hydrogens is 665 g/mol. The largest absolute Gasteiger partial charge is 0.453 e. The predicted octanol–water partition coefficient (Wildman–Crippen LogP) is 12.9. The molecule has 0 unspecified atom stereocenters. The van der Waals surface area contributed by atoms with Crippen molar-refractivity contribution >= 4 is 132 Å². The van der Waals surface area contributed by atoms with Crippen molar-refractivity contribution in [2.45, 2.75) is 0 Å². The lowest BCUT2D eigenvalue weighted by molar-refractivity contribution is 0.655. The maximum atomic E-state index is 6.58. The van der Waals surface area contributed by atoms with E-state index < -0.39 is 0 Å². The van der Waals surface area contributed by atoms with Crippen LogP contribution in [0.1, 0.15) is 0 Å². The van der Waals surface area contributed by atoms with Gasteiger partial charge in [0.05, 0.1) is 66.2 Å². The summed E-state index contributed by atoms with van der Waals surface area (Å²) in [5, 5.41) is 9.77. The molecule has 0 saturated heterocycles. The van der Waals surface area contributed by atoms with Crippen LogP contribution in [0, 0.1) is 0 Å². The molecule has 248 valence electrons. The Morgan fingerprint density at radius 3 is 1.13 bits per heavy atom. The number of para-hydroxylation sites is 8. The van der Waals surface area contributed by atoms with Crippen molar-refractivity contribution in [1.29, 1.82) is 0 Å². The van der Waals surface area contributed by atoms with Crippen molar-refractivity contribution in [3.8, 4) is 0 Å². The van der Waals surface area contributed by atoms with E-state index in [0.717, 1.165) is 44.4 Å². The summed E-state index contributed by atoms with van der Waals surface area (Å²) in [6.45, 7) is 0. The van der Waals surface area contributed by atoms with E-state index in [4.69, 9.17) is 8.83 Å². The molecule has 0 fully saturated rings. The topological polar surface area (TPSA) is 43.9 Å². The SMILES string of the molecule is c1ccc2c(c1)oc1cccc3c4cc5c6c(c7ccccc7n6c6cc7c8cccc9oc%10ccccc%10n(c98)c7c7c8ccccc8n5c76)c4n2c13. The van der Waals surface area contributed by atoms with E-state index >= 15 is 0 Å². The lowest BCUT2D eigenvalue weighted by Crippen LogP contribution is -1.98. The fourth-order valence-corrected chi connectivity index (χ4v) is 10.5. The van der Waals surface area contributed by atoms with Crippen molar-refractivity contribution < 1.29 is 8.83 Å². The molecule has 0 atom stereocenters. The smallest absolute Gasteiger partial charge is 0.152 e. The monoisotopic (exact) mass is 688 g/mol. The first-order valence-corrected chi connectivity index (χ1v) is 18.5. The van der Waals surface area contributed by atoms with Crippen LogP contribution in [0.25, 0.3) is 132 Å². The lowest BCUT2D eigenvalue weighted by Gasteiger charge is -2.13. The first-order chi connectivity index (χ1) is 26.8. The molecule has 6 nitrogen and oxygen atoms in total. The Morgan fingerprint density at radius 1 is 0.259 bits per heavy atom. The van der Waals surface area contributed by atoms with Crippen LogP contribution in [-0.4, -0.2) is 17.6 Å². The molecule has 0 radical (unpaired) electrons. The average molecular weight is 689 g/mol. The summed E-state index contributed by atoms with van der Waals surface area (Å²) in [7, 11) is 0. The molecule has 54 heavy (non-hydrogen) atoms. The Labute approximate surface area is 302 Å². The molecule has 0 aliphatic heterocycles. The van der Waals surface area contributed by atoms with Gasteiger partial charge in [0.25, 0.3) is 0 Å². The minimum absolute atomic E-state index is 0.868. The first-order valence-electron chi connectivity index (χ1n) is 18.5. The highest BCUT2D eigenvalue weighted by molar-refractivity contribution is 6.36. The molecule has 8 aromatic carbocycles. The van der Waals surface area contributed by atoms with Crippen LogP contribution in [0.5, 0.6) is 0 Å². The molecule has 15 aromatic rings. The highest BCUT2D eigenvalue weighted by atomic mass is 16.3. The van der Waals surface area contributed by atoms with Gasteiger partial charge < -0.3 is 26.4 Å². The molecule has 0 N–H and O–H groups in total. The summed E-state index contributed by atoms with van der Waals surface area (Å²) in [5.74, 6) is 0. The number of hydrogen-bond donors (Lipinski definition) is 0. The van der Waals surface area contributed by atoms with Crippen LogP contribution in [0.4, 0.5) is 0 Å². The third-order valence-electron chi connectivity index (χ3n) is 12.4. The van der Waals surface area contributed by atoms with Crippen LogP contribution in [0.2, 0.25) is 0 Å². The summed E-state index contributed by atoms with van der Waals surface area (Å²) >= 11 is 0. The minimum Gasteiger partial charge on any atom is -0.453 e. The van der Waals surface area contributed by atoms with Gasteiger partial charge in [-0.3, -0.25) is 0 Å². The van der Waals surface area contributed by atoms with Crippen molar-refractivity contribution in [1.82, 2.24) is 17.6 Å². The average Bonchev–Trinajstić information content (AvgIpc) is 3.95. The van der Waals surface area contributed by atoms with Gasteiger partial charge in [0.2, 0.25) is 0 Å². The summed E-state index contributed by atoms with van der Waals surface area (Å²) in [4.78, 5) is 0. The van der Waals surface area contributed by atoms with Crippen LogP contribution in [0.15, 0.2) is 154 Å². The zero-order chi connectivity index (χ0) is 34.6. The fraction of sp³-hybridized carbons (Fsp3) is 0. The van der Waals surface area contributed by atoms with Crippen molar-refractivity contribution in [2.75, 3.05) is 0 Å². The number of nitrogens with zero attached hydrogens (tertiary/aromatic N) is 4. The maximum absolute atomic E-state index is 6.58. The van der Waals surface area contributed by atoms with Gasteiger partial charge >= 0.3 is 0 Å². The van der Waals surface area contributed by atoms with Crippen molar-refractivity contribution in [2.24, 2.45) is 0 Å². The minimum atomic E-state index is 0.868. The Hall–Kier alpha value is -7.44. The van der Waals surface area contributed by atoms with E-state index in [1.54, 1.807) is 0 Å². The highest BCUT2D eigenvalue weighted by Gasteiger charge is 2.29. The number of hydrogen-bond acceptors (Lipinski definition) is 2. The second kappa shape index (κ2) is 8.60. The van der Waals surface area contributed by atoms with Gasteiger partial charge in [-0.1, -0.05) is 84.9 Å². The Kier molecular flexibility index (Phi) is 4.20. The van der Waals surface area contributed by atoms with Gasteiger partial charge in [0, 0.05) is 43.1 Å². The van der Waals surface area contributed by atoms with Gasteiger partial charge in [0.15, 0.2) is 22.3 Å². The molecule has 0 saturated carbocycles. The van der Waals surface area contributed by atoms with Gasteiger partial charge in [-0.25, -0.2) is 0 Å². The molecule has 7 aromatic heterocycles.